The molecule has 0 spiro atoms. The third-order valence-electron chi connectivity index (χ3n) is 3.28. The second kappa shape index (κ2) is 8.32. The maximum atomic E-state index is 4.76. The van der Waals surface area contributed by atoms with Gasteiger partial charge in [-0.3, -0.25) is 4.99 Å². The zero-order valence-corrected chi connectivity index (χ0v) is 11.6. The molecule has 0 atom stereocenters. The molecule has 0 aliphatic rings. The van der Waals surface area contributed by atoms with Crippen molar-refractivity contribution in [3.63, 3.8) is 0 Å². The van der Waals surface area contributed by atoms with E-state index in [0.29, 0.717) is 5.92 Å². The van der Waals surface area contributed by atoms with E-state index in [1.54, 1.807) is 0 Å². The van der Waals surface area contributed by atoms with E-state index < -0.39 is 0 Å². The minimum atomic E-state index is 0.558. The molecule has 0 N–H and O–H groups in total. The van der Waals surface area contributed by atoms with Gasteiger partial charge in [0.1, 0.15) is 0 Å². The molecule has 0 saturated heterocycles. The van der Waals surface area contributed by atoms with Gasteiger partial charge in [0.15, 0.2) is 0 Å². The summed E-state index contributed by atoms with van der Waals surface area (Å²) >= 11 is 0. The smallest absolute Gasteiger partial charge is 0.0431 e. The van der Waals surface area contributed by atoms with Crippen LogP contribution in [0.2, 0.25) is 0 Å². The normalized spacial score (nSPS) is 11.8. The van der Waals surface area contributed by atoms with Crippen LogP contribution < -0.4 is 0 Å². The molecular weight excluding hydrogens is 194 g/mol. The molecule has 1 heteroatoms. The van der Waals surface area contributed by atoms with E-state index in [4.69, 9.17) is 4.99 Å². The summed E-state index contributed by atoms with van der Waals surface area (Å²) in [6.07, 6.45) is 6.40. The third kappa shape index (κ3) is 4.34. The van der Waals surface area contributed by atoms with Crippen LogP contribution in [0.4, 0.5) is 0 Å². The molecule has 0 saturated carbocycles. The molecule has 1 nitrogen and oxygen atoms in total. The first kappa shape index (κ1) is 15.2. The fraction of sp³-hybridized carbons (Fsp3) is 0.667. The van der Waals surface area contributed by atoms with E-state index >= 15 is 0 Å². The summed E-state index contributed by atoms with van der Waals surface area (Å²) in [6.45, 7) is 14.8. The van der Waals surface area contributed by atoms with E-state index in [1.807, 2.05) is 6.08 Å². The molecule has 0 aromatic heterocycles. The van der Waals surface area contributed by atoms with Gasteiger partial charge in [-0.25, -0.2) is 0 Å². The molecule has 0 radical (unpaired) electrons. The lowest BCUT2D eigenvalue weighted by atomic mass is 9.97. The molecule has 0 aliphatic carbocycles. The predicted molar refractivity (Wildman–Crippen MR) is 75.0 cm³/mol. The van der Waals surface area contributed by atoms with Crippen LogP contribution in [-0.4, -0.2) is 5.71 Å². The van der Waals surface area contributed by atoms with Crippen molar-refractivity contribution in [3.05, 3.63) is 23.9 Å². The molecule has 0 unspecified atom stereocenters. The van der Waals surface area contributed by atoms with Crippen LogP contribution in [0.15, 0.2) is 28.9 Å². The zero-order chi connectivity index (χ0) is 12.6. The van der Waals surface area contributed by atoms with Crippen LogP contribution in [0, 0.1) is 5.92 Å². The predicted octanol–water partition coefficient (Wildman–Crippen LogP) is 5.14. The van der Waals surface area contributed by atoms with Crippen LogP contribution in [0.25, 0.3) is 0 Å². The molecule has 16 heavy (non-hydrogen) atoms. The molecular formula is C15H27N. The monoisotopic (exact) mass is 221 g/mol. The van der Waals surface area contributed by atoms with E-state index in [0.717, 1.165) is 31.4 Å². The maximum Gasteiger partial charge on any atom is 0.0431 e. The van der Waals surface area contributed by atoms with Gasteiger partial charge in [-0.2, -0.15) is 0 Å². The highest BCUT2D eigenvalue weighted by atomic mass is 14.8. The molecule has 0 amide bonds. The van der Waals surface area contributed by atoms with Crippen molar-refractivity contribution in [3.8, 4) is 0 Å². The SMILES string of the molecule is C=CC(=NC(C)=C(CC)CC)C(CC)CC. The van der Waals surface area contributed by atoms with Crippen molar-refractivity contribution < 1.29 is 0 Å². The average Bonchev–Trinajstić information content (AvgIpc) is 2.30. The fourth-order valence-electron chi connectivity index (χ4n) is 2.04. The highest BCUT2D eigenvalue weighted by Gasteiger charge is 2.09. The van der Waals surface area contributed by atoms with E-state index in [2.05, 4.69) is 41.2 Å². The Hall–Kier alpha value is -0.850. The first-order valence-corrected chi connectivity index (χ1v) is 6.53. The summed E-state index contributed by atoms with van der Waals surface area (Å²) in [5.74, 6) is 0.558. The van der Waals surface area contributed by atoms with Crippen molar-refractivity contribution >= 4 is 5.71 Å². The molecule has 0 heterocycles. The third-order valence-corrected chi connectivity index (χ3v) is 3.28. The van der Waals surface area contributed by atoms with Gasteiger partial charge in [0, 0.05) is 17.3 Å². The Kier molecular flexibility index (Phi) is 7.88. The van der Waals surface area contributed by atoms with Crippen LogP contribution in [-0.2, 0) is 0 Å². The number of allylic oxidation sites excluding steroid dienone is 3. The van der Waals surface area contributed by atoms with Gasteiger partial charge in [0.25, 0.3) is 0 Å². The number of nitrogens with zero attached hydrogens (tertiary/aromatic N) is 1. The summed E-state index contributed by atoms with van der Waals surface area (Å²) < 4.78 is 0. The molecule has 0 rings (SSSR count). The zero-order valence-electron chi connectivity index (χ0n) is 11.6. The quantitative estimate of drug-likeness (QED) is 0.528. The van der Waals surface area contributed by atoms with Crippen molar-refractivity contribution in [2.24, 2.45) is 10.9 Å². The summed E-state index contributed by atoms with van der Waals surface area (Å²) in [6, 6.07) is 0. The lowest BCUT2D eigenvalue weighted by Gasteiger charge is -2.13. The largest absolute Gasteiger partial charge is 0.258 e. The second-order valence-electron chi connectivity index (χ2n) is 4.15. The Morgan fingerprint density at radius 1 is 1.12 bits per heavy atom. The fourth-order valence-corrected chi connectivity index (χ4v) is 2.04. The average molecular weight is 221 g/mol. The number of aliphatic imine (C=N–C) groups is 1. The summed E-state index contributed by atoms with van der Waals surface area (Å²) in [5, 5.41) is 0. The molecule has 0 aliphatic heterocycles. The van der Waals surface area contributed by atoms with Crippen molar-refractivity contribution in [1.82, 2.24) is 0 Å². The molecule has 0 aromatic carbocycles. The summed E-state index contributed by atoms with van der Waals surface area (Å²) in [4.78, 5) is 4.76. The number of rotatable bonds is 7. The van der Waals surface area contributed by atoms with Gasteiger partial charge >= 0.3 is 0 Å². The first-order valence-electron chi connectivity index (χ1n) is 6.53. The Morgan fingerprint density at radius 3 is 1.94 bits per heavy atom. The summed E-state index contributed by atoms with van der Waals surface area (Å²) in [5.41, 5.74) is 3.79. The Morgan fingerprint density at radius 2 is 1.62 bits per heavy atom. The topological polar surface area (TPSA) is 12.4 Å². The van der Waals surface area contributed by atoms with E-state index in [-0.39, 0.29) is 0 Å². The maximum absolute atomic E-state index is 4.76. The lowest BCUT2D eigenvalue weighted by Crippen LogP contribution is -2.10. The minimum Gasteiger partial charge on any atom is -0.258 e. The van der Waals surface area contributed by atoms with Crippen molar-refractivity contribution in [2.75, 3.05) is 0 Å². The van der Waals surface area contributed by atoms with Crippen LogP contribution in [0.1, 0.15) is 60.3 Å². The highest BCUT2D eigenvalue weighted by molar-refractivity contribution is 5.97. The standard InChI is InChI=1S/C15H27N/c1-7-13(8-2)12(6)16-15(11-5)14(9-3)10-4/h11,14H,5,7-10H2,1-4,6H3. The lowest BCUT2D eigenvalue weighted by molar-refractivity contribution is 0.644. The van der Waals surface area contributed by atoms with E-state index in [9.17, 15) is 0 Å². The Bertz CT molecular complexity index is 261. The molecule has 0 fully saturated rings. The Balaban J connectivity index is 5.08. The van der Waals surface area contributed by atoms with Gasteiger partial charge in [-0.1, -0.05) is 34.3 Å². The Labute approximate surface area is 101 Å². The van der Waals surface area contributed by atoms with Gasteiger partial charge in [-0.05, 0) is 44.3 Å². The van der Waals surface area contributed by atoms with Crippen LogP contribution >= 0.6 is 0 Å². The van der Waals surface area contributed by atoms with Crippen LogP contribution in [0.3, 0.4) is 0 Å². The van der Waals surface area contributed by atoms with Crippen LogP contribution in [0.5, 0.6) is 0 Å². The summed E-state index contributed by atoms with van der Waals surface area (Å²) in [7, 11) is 0. The highest BCUT2D eigenvalue weighted by Crippen LogP contribution is 2.17. The van der Waals surface area contributed by atoms with Gasteiger partial charge < -0.3 is 0 Å². The number of hydrogen-bond donors (Lipinski definition) is 0. The second-order valence-corrected chi connectivity index (χ2v) is 4.15. The minimum absolute atomic E-state index is 0.558. The molecule has 0 aromatic rings. The van der Waals surface area contributed by atoms with Gasteiger partial charge in [-0.15, -0.1) is 0 Å². The van der Waals surface area contributed by atoms with Crippen molar-refractivity contribution in [2.45, 2.75) is 60.3 Å². The van der Waals surface area contributed by atoms with Crippen molar-refractivity contribution in [1.29, 1.82) is 0 Å². The van der Waals surface area contributed by atoms with Gasteiger partial charge in [0.05, 0.1) is 0 Å². The molecule has 0 bridgehead atoms. The van der Waals surface area contributed by atoms with E-state index in [1.165, 1.54) is 11.3 Å². The molecule has 92 valence electrons. The first-order chi connectivity index (χ1) is 7.64. The number of hydrogen-bond acceptors (Lipinski definition) is 1. The van der Waals surface area contributed by atoms with Gasteiger partial charge in [0.2, 0.25) is 0 Å².